The number of anilines is 1. The van der Waals surface area contributed by atoms with E-state index in [1.165, 1.54) is 0 Å². The SMILES string of the molecule is CC(C)Cc1nc(SC(C)C)nc(N)c1C#N. The lowest BCUT2D eigenvalue weighted by Gasteiger charge is -2.10. The van der Waals surface area contributed by atoms with Crippen LogP contribution in [-0.4, -0.2) is 15.2 Å². The number of rotatable bonds is 4. The van der Waals surface area contributed by atoms with Crippen molar-refractivity contribution in [1.82, 2.24) is 9.97 Å². The van der Waals surface area contributed by atoms with Crippen LogP contribution >= 0.6 is 11.8 Å². The molecule has 0 radical (unpaired) electrons. The summed E-state index contributed by atoms with van der Waals surface area (Å²) in [6.45, 7) is 8.33. The maximum atomic E-state index is 9.07. The van der Waals surface area contributed by atoms with Crippen LogP contribution in [0.3, 0.4) is 0 Å². The molecule has 0 amide bonds. The number of hydrogen-bond donors (Lipinski definition) is 1. The fourth-order valence-electron chi connectivity index (χ4n) is 1.42. The molecule has 2 N–H and O–H groups in total. The summed E-state index contributed by atoms with van der Waals surface area (Å²) in [4.78, 5) is 8.59. The zero-order valence-electron chi connectivity index (χ0n) is 10.7. The molecule has 17 heavy (non-hydrogen) atoms. The molecule has 0 fully saturated rings. The highest BCUT2D eigenvalue weighted by Gasteiger charge is 2.14. The topological polar surface area (TPSA) is 75.6 Å². The van der Waals surface area contributed by atoms with Crippen molar-refractivity contribution in [1.29, 1.82) is 5.26 Å². The third kappa shape index (κ3) is 3.90. The molecule has 4 nitrogen and oxygen atoms in total. The van der Waals surface area contributed by atoms with Crippen molar-refractivity contribution < 1.29 is 0 Å². The summed E-state index contributed by atoms with van der Waals surface area (Å²) in [5, 5.41) is 10.1. The molecule has 1 aromatic heterocycles. The van der Waals surface area contributed by atoms with Crippen molar-refractivity contribution in [2.24, 2.45) is 5.92 Å². The van der Waals surface area contributed by atoms with E-state index >= 15 is 0 Å². The predicted octanol–water partition coefficient (Wildman–Crippen LogP) is 2.63. The van der Waals surface area contributed by atoms with Crippen LogP contribution in [0.25, 0.3) is 0 Å². The first kappa shape index (κ1) is 13.8. The number of aromatic nitrogens is 2. The molecule has 0 atom stereocenters. The molecule has 5 heteroatoms. The summed E-state index contributed by atoms with van der Waals surface area (Å²) in [5.41, 5.74) is 6.98. The minimum absolute atomic E-state index is 0.293. The average Bonchev–Trinajstić information content (AvgIpc) is 2.14. The van der Waals surface area contributed by atoms with Crippen LogP contribution in [0.5, 0.6) is 0 Å². The summed E-state index contributed by atoms with van der Waals surface area (Å²) < 4.78 is 0. The van der Waals surface area contributed by atoms with Crippen molar-refractivity contribution in [3.05, 3.63) is 11.3 Å². The maximum absolute atomic E-state index is 9.07. The van der Waals surface area contributed by atoms with Crippen LogP contribution in [-0.2, 0) is 6.42 Å². The lowest BCUT2D eigenvalue weighted by molar-refractivity contribution is 0.626. The summed E-state index contributed by atoms with van der Waals surface area (Å²) in [7, 11) is 0. The standard InChI is InChI=1S/C12H18N4S/c1-7(2)5-10-9(6-13)11(14)16-12(15-10)17-8(3)4/h7-8H,5H2,1-4H3,(H2,14,15,16). The van der Waals surface area contributed by atoms with Crippen LogP contribution < -0.4 is 5.73 Å². The fourth-order valence-corrected chi connectivity index (χ4v) is 2.16. The fraction of sp³-hybridized carbons (Fsp3) is 0.583. The molecule has 0 saturated carbocycles. The van der Waals surface area contributed by atoms with Gasteiger partial charge in [0.1, 0.15) is 17.5 Å². The third-order valence-electron chi connectivity index (χ3n) is 2.05. The molecule has 92 valence electrons. The molecule has 0 unspecified atom stereocenters. The van der Waals surface area contributed by atoms with E-state index in [0.29, 0.717) is 27.7 Å². The van der Waals surface area contributed by atoms with E-state index < -0.39 is 0 Å². The Bertz CT molecular complexity index is 435. The van der Waals surface area contributed by atoms with Gasteiger partial charge in [-0.2, -0.15) is 5.26 Å². The zero-order valence-corrected chi connectivity index (χ0v) is 11.5. The predicted molar refractivity (Wildman–Crippen MR) is 70.7 cm³/mol. The minimum atomic E-state index is 0.293. The molecular formula is C12H18N4S. The van der Waals surface area contributed by atoms with Crippen LogP contribution in [0.4, 0.5) is 5.82 Å². The van der Waals surface area contributed by atoms with Gasteiger partial charge in [0.05, 0.1) is 5.69 Å². The maximum Gasteiger partial charge on any atom is 0.190 e. The molecular weight excluding hydrogens is 232 g/mol. The normalized spacial score (nSPS) is 10.9. The molecule has 0 aliphatic heterocycles. The van der Waals surface area contributed by atoms with E-state index in [9.17, 15) is 0 Å². The van der Waals surface area contributed by atoms with Gasteiger partial charge in [-0.05, 0) is 12.3 Å². The Morgan fingerprint density at radius 3 is 2.41 bits per heavy atom. The van der Waals surface area contributed by atoms with Gasteiger partial charge in [-0.1, -0.05) is 39.5 Å². The van der Waals surface area contributed by atoms with E-state index in [-0.39, 0.29) is 0 Å². The van der Waals surface area contributed by atoms with Gasteiger partial charge in [0.2, 0.25) is 0 Å². The van der Waals surface area contributed by atoms with Crippen LogP contribution in [0, 0.1) is 17.2 Å². The van der Waals surface area contributed by atoms with E-state index in [1.54, 1.807) is 11.8 Å². The minimum Gasteiger partial charge on any atom is -0.382 e. The Morgan fingerprint density at radius 1 is 1.29 bits per heavy atom. The number of thioether (sulfide) groups is 1. The zero-order chi connectivity index (χ0) is 13.0. The monoisotopic (exact) mass is 250 g/mol. The van der Waals surface area contributed by atoms with Gasteiger partial charge >= 0.3 is 0 Å². The molecule has 0 bridgehead atoms. The van der Waals surface area contributed by atoms with Crippen LogP contribution in [0.2, 0.25) is 0 Å². The molecule has 0 spiro atoms. The first-order chi connectivity index (χ1) is 7.93. The number of nitrogen functional groups attached to an aromatic ring is 1. The lowest BCUT2D eigenvalue weighted by atomic mass is 10.0. The molecule has 0 saturated heterocycles. The second kappa shape index (κ2) is 5.87. The van der Waals surface area contributed by atoms with Gasteiger partial charge < -0.3 is 5.73 Å². The number of hydrogen-bond acceptors (Lipinski definition) is 5. The van der Waals surface area contributed by atoms with E-state index in [2.05, 4.69) is 43.7 Å². The van der Waals surface area contributed by atoms with E-state index in [4.69, 9.17) is 11.0 Å². The second-order valence-corrected chi connectivity index (χ2v) is 6.13. The van der Waals surface area contributed by atoms with Gasteiger partial charge in [0.15, 0.2) is 5.16 Å². The second-order valence-electron chi connectivity index (χ2n) is 4.59. The Hall–Kier alpha value is -1.28. The van der Waals surface area contributed by atoms with Gasteiger partial charge in [-0.3, -0.25) is 0 Å². The Balaban J connectivity index is 3.15. The molecule has 1 aromatic rings. The largest absolute Gasteiger partial charge is 0.382 e. The highest BCUT2D eigenvalue weighted by molar-refractivity contribution is 7.99. The first-order valence-corrected chi connectivity index (χ1v) is 6.55. The van der Waals surface area contributed by atoms with Crippen molar-refractivity contribution in [3.8, 4) is 6.07 Å². The highest BCUT2D eigenvalue weighted by Crippen LogP contribution is 2.24. The first-order valence-electron chi connectivity index (χ1n) is 5.67. The van der Waals surface area contributed by atoms with Crippen molar-refractivity contribution in [3.63, 3.8) is 0 Å². The van der Waals surface area contributed by atoms with E-state index in [0.717, 1.165) is 12.1 Å². The Kier molecular flexibility index (Phi) is 4.76. The molecule has 1 rings (SSSR count). The molecule has 0 aromatic carbocycles. The summed E-state index contributed by atoms with van der Waals surface area (Å²) in [6, 6.07) is 2.09. The van der Waals surface area contributed by atoms with Gasteiger partial charge in [-0.25, -0.2) is 9.97 Å². The number of nitrogens with zero attached hydrogens (tertiary/aromatic N) is 3. The summed E-state index contributed by atoms with van der Waals surface area (Å²) in [5.74, 6) is 0.731. The van der Waals surface area contributed by atoms with Crippen LogP contribution in [0.1, 0.15) is 39.0 Å². The van der Waals surface area contributed by atoms with Crippen molar-refractivity contribution in [2.45, 2.75) is 44.5 Å². The molecule has 0 aliphatic carbocycles. The average molecular weight is 250 g/mol. The highest BCUT2D eigenvalue weighted by atomic mass is 32.2. The number of nitriles is 1. The van der Waals surface area contributed by atoms with Crippen LogP contribution in [0.15, 0.2) is 5.16 Å². The Morgan fingerprint density at radius 2 is 1.94 bits per heavy atom. The Labute approximate surface area is 107 Å². The summed E-state index contributed by atoms with van der Waals surface area (Å²) >= 11 is 1.56. The third-order valence-corrected chi connectivity index (χ3v) is 2.91. The molecule has 0 aliphatic rings. The number of nitrogens with two attached hydrogens (primary N) is 1. The lowest BCUT2D eigenvalue weighted by Crippen LogP contribution is -2.08. The van der Waals surface area contributed by atoms with Gasteiger partial charge in [-0.15, -0.1) is 0 Å². The van der Waals surface area contributed by atoms with Gasteiger partial charge in [0, 0.05) is 5.25 Å². The van der Waals surface area contributed by atoms with Crippen molar-refractivity contribution >= 4 is 17.6 Å². The summed E-state index contributed by atoms with van der Waals surface area (Å²) in [6.07, 6.45) is 0.751. The van der Waals surface area contributed by atoms with Gasteiger partial charge in [0.25, 0.3) is 0 Å². The van der Waals surface area contributed by atoms with Crippen molar-refractivity contribution in [2.75, 3.05) is 5.73 Å². The van der Waals surface area contributed by atoms with E-state index in [1.807, 2.05) is 0 Å². The quantitative estimate of drug-likeness (QED) is 0.656. The smallest absolute Gasteiger partial charge is 0.190 e. The molecule has 1 heterocycles.